The summed E-state index contributed by atoms with van der Waals surface area (Å²) < 4.78 is 0. The van der Waals surface area contributed by atoms with Gasteiger partial charge in [-0.3, -0.25) is 0 Å². The van der Waals surface area contributed by atoms with Crippen LogP contribution in [0.1, 0.15) is 64.2 Å². The molecule has 19 heavy (non-hydrogen) atoms. The average Bonchev–Trinajstić information content (AvgIpc) is 2.40. The van der Waals surface area contributed by atoms with Crippen molar-refractivity contribution in [2.45, 2.75) is 53.9 Å². The molecule has 0 amide bonds. The Bertz CT molecular complexity index is 316. The molecule has 0 spiro atoms. The highest BCUT2D eigenvalue weighted by Crippen LogP contribution is 2.04. The maximum absolute atomic E-state index is 10.3. The molecular weight excluding hydrogens is 238 g/mol. The van der Waals surface area contributed by atoms with Gasteiger partial charge < -0.3 is 10.8 Å². The van der Waals surface area contributed by atoms with Crippen LogP contribution in [0.25, 0.3) is 0 Å². The van der Waals surface area contributed by atoms with Gasteiger partial charge in [0.25, 0.3) is 0 Å². The Morgan fingerprint density at radius 3 is 1.68 bits per heavy atom. The summed E-state index contributed by atoms with van der Waals surface area (Å²) in [6, 6.07) is 6.06. The number of aromatic carboxylic acids is 1. The molecule has 0 aliphatic carbocycles. The molecule has 0 aliphatic heterocycles. The van der Waals surface area contributed by atoms with E-state index in [1.54, 1.807) is 12.1 Å². The molecule has 0 fully saturated rings. The minimum absolute atomic E-state index is 0.259. The molecule has 0 heterocycles. The lowest BCUT2D eigenvalue weighted by Gasteiger charge is -1.93. The zero-order valence-corrected chi connectivity index (χ0v) is 12.9. The number of anilines is 1. The molecule has 0 aromatic heterocycles. The van der Waals surface area contributed by atoms with Crippen LogP contribution in [-0.2, 0) is 0 Å². The second-order valence-corrected chi connectivity index (χ2v) is 4.73. The van der Waals surface area contributed by atoms with Gasteiger partial charge in [0.2, 0.25) is 0 Å². The number of carbonyl (C=O) groups is 1. The first-order chi connectivity index (χ1) is 8.88. The van der Waals surface area contributed by atoms with Gasteiger partial charge in [0.05, 0.1) is 5.56 Å². The summed E-state index contributed by atoms with van der Waals surface area (Å²) in [5.74, 6) is -0.0463. The molecule has 1 aromatic carbocycles. The first-order valence-electron chi connectivity index (χ1n) is 6.97. The number of nitrogen functional groups attached to an aromatic ring is 1. The van der Waals surface area contributed by atoms with Crippen molar-refractivity contribution in [1.82, 2.24) is 0 Å². The van der Waals surface area contributed by atoms with Crippen molar-refractivity contribution in [1.29, 1.82) is 0 Å². The predicted molar refractivity (Wildman–Crippen MR) is 83.5 cm³/mol. The fourth-order valence-electron chi connectivity index (χ4n) is 0.626. The van der Waals surface area contributed by atoms with E-state index < -0.39 is 5.97 Å². The van der Waals surface area contributed by atoms with E-state index in [1.807, 2.05) is 0 Å². The third kappa shape index (κ3) is 14.4. The standard InChI is InChI=1S/C7H7NO2.C5H12.C4H10/c8-6-3-1-5(2-4-6)7(9)10;1-4-5(2)3;1-3-4-2/h1-4H,8H2,(H,9,10);5H,4H2,1-3H3;3-4H2,1-2H3. The van der Waals surface area contributed by atoms with Gasteiger partial charge in [-0.15, -0.1) is 0 Å². The third-order valence-electron chi connectivity index (χ3n) is 2.47. The Morgan fingerprint density at radius 2 is 1.47 bits per heavy atom. The van der Waals surface area contributed by atoms with E-state index in [2.05, 4.69) is 34.6 Å². The highest BCUT2D eigenvalue weighted by molar-refractivity contribution is 5.87. The maximum atomic E-state index is 10.3. The molecule has 0 bridgehead atoms. The van der Waals surface area contributed by atoms with Gasteiger partial charge in [0.15, 0.2) is 0 Å². The molecule has 0 saturated heterocycles. The Hall–Kier alpha value is -1.51. The normalized spacial score (nSPS) is 8.95. The summed E-state index contributed by atoms with van der Waals surface area (Å²) >= 11 is 0. The zero-order chi connectivity index (χ0) is 15.3. The summed E-state index contributed by atoms with van der Waals surface area (Å²) in [5, 5.41) is 8.43. The summed E-state index contributed by atoms with van der Waals surface area (Å²) in [6.07, 6.45) is 3.94. The van der Waals surface area contributed by atoms with Crippen molar-refractivity contribution in [3.8, 4) is 0 Å². The van der Waals surface area contributed by atoms with E-state index in [0.29, 0.717) is 5.69 Å². The van der Waals surface area contributed by atoms with Crippen molar-refractivity contribution in [3.05, 3.63) is 29.8 Å². The Labute approximate surface area is 117 Å². The Morgan fingerprint density at radius 1 is 1.11 bits per heavy atom. The van der Waals surface area contributed by atoms with Gasteiger partial charge in [-0.05, 0) is 30.2 Å². The quantitative estimate of drug-likeness (QED) is 0.771. The topological polar surface area (TPSA) is 63.3 Å². The lowest BCUT2D eigenvalue weighted by molar-refractivity contribution is 0.0697. The summed E-state index contributed by atoms with van der Waals surface area (Å²) in [7, 11) is 0. The highest BCUT2D eigenvalue weighted by Gasteiger charge is 1.98. The summed E-state index contributed by atoms with van der Waals surface area (Å²) in [4.78, 5) is 10.3. The largest absolute Gasteiger partial charge is 0.478 e. The van der Waals surface area contributed by atoms with Gasteiger partial charge in [0.1, 0.15) is 0 Å². The van der Waals surface area contributed by atoms with Crippen LogP contribution in [0.4, 0.5) is 5.69 Å². The molecule has 0 aliphatic rings. The number of hydrogen-bond donors (Lipinski definition) is 2. The van der Waals surface area contributed by atoms with Crippen LogP contribution in [0, 0.1) is 5.92 Å². The molecule has 3 heteroatoms. The predicted octanol–water partition coefficient (Wildman–Crippen LogP) is 4.83. The van der Waals surface area contributed by atoms with Gasteiger partial charge >= 0.3 is 5.97 Å². The minimum atomic E-state index is -0.931. The number of benzene rings is 1. The van der Waals surface area contributed by atoms with Crippen molar-refractivity contribution in [2.75, 3.05) is 5.73 Å². The molecule has 1 rings (SSSR count). The smallest absolute Gasteiger partial charge is 0.335 e. The first kappa shape index (κ1) is 19.8. The van der Waals surface area contributed by atoms with Crippen molar-refractivity contribution >= 4 is 11.7 Å². The van der Waals surface area contributed by atoms with Crippen LogP contribution < -0.4 is 5.73 Å². The van der Waals surface area contributed by atoms with Crippen LogP contribution >= 0.6 is 0 Å². The van der Waals surface area contributed by atoms with E-state index in [9.17, 15) is 4.79 Å². The van der Waals surface area contributed by atoms with Gasteiger partial charge in [0, 0.05) is 5.69 Å². The molecule has 3 nitrogen and oxygen atoms in total. The average molecular weight is 267 g/mol. The van der Waals surface area contributed by atoms with Crippen molar-refractivity contribution < 1.29 is 9.90 Å². The Balaban J connectivity index is 0. The van der Waals surface area contributed by atoms with E-state index >= 15 is 0 Å². The molecule has 1 aromatic rings. The Kier molecular flexibility index (Phi) is 13.5. The molecule has 0 atom stereocenters. The molecule has 0 saturated carbocycles. The maximum Gasteiger partial charge on any atom is 0.335 e. The van der Waals surface area contributed by atoms with Crippen LogP contribution in [0.15, 0.2) is 24.3 Å². The fraction of sp³-hybridized carbons (Fsp3) is 0.562. The fourth-order valence-corrected chi connectivity index (χ4v) is 0.626. The van der Waals surface area contributed by atoms with E-state index in [0.717, 1.165) is 5.92 Å². The molecular formula is C16H29NO2. The molecule has 0 radical (unpaired) electrons. The number of nitrogens with two attached hydrogens (primary N) is 1. The van der Waals surface area contributed by atoms with Crippen LogP contribution in [-0.4, -0.2) is 11.1 Å². The lowest BCUT2D eigenvalue weighted by Crippen LogP contribution is -1.95. The number of carboxylic acid groups (broad SMARTS) is 1. The molecule has 110 valence electrons. The summed E-state index contributed by atoms with van der Waals surface area (Å²) in [6.45, 7) is 11.0. The number of rotatable bonds is 3. The third-order valence-corrected chi connectivity index (χ3v) is 2.47. The van der Waals surface area contributed by atoms with Crippen LogP contribution in [0.5, 0.6) is 0 Å². The second kappa shape index (κ2) is 12.9. The zero-order valence-electron chi connectivity index (χ0n) is 12.9. The lowest BCUT2D eigenvalue weighted by atomic mass is 10.2. The van der Waals surface area contributed by atoms with E-state index in [-0.39, 0.29) is 5.56 Å². The first-order valence-corrected chi connectivity index (χ1v) is 6.97. The number of carboxylic acids is 1. The van der Waals surface area contributed by atoms with Crippen molar-refractivity contribution in [2.24, 2.45) is 5.92 Å². The van der Waals surface area contributed by atoms with E-state index in [1.165, 1.54) is 31.4 Å². The SMILES string of the molecule is CCC(C)C.CCCC.Nc1ccc(C(=O)O)cc1. The van der Waals surface area contributed by atoms with Crippen molar-refractivity contribution in [3.63, 3.8) is 0 Å². The summed E-state index contributed by atoms with van der Waals surface area (Å²) in [5.41, 5.74) is 6.17. The molecule has 3 N–H and O–H groups in total. The monoisotopic (exact) mass is 267 g/mol. The van der Waals surface area contributed by atoms with E-state index in [4.69, 9.17) is 10.8 Å². The van der Waals surface area contributed by atoms with Gasteiger partial charge in [-0.1, -0.05) is 53.9 Å². The van der Waals surface area contributed by atoms with Gasteiger partial charge in [-0.25, -0.2) is 4.79 Å². The van der Waals surface area contributed by atoms with Gasteiger partial charge in [-0.2, -0.15) is 0 Å². The second-order valence-electron chi connectivity index (χ2n) is 4.73. The molecule has 0 unspecified atom stereocenters. The number of unbranched alkanes of at least 4 members (excludes halogenated alkanes) is 1. The highest BCUT2D eigenvalue weighted by atomic mass is 16.4. The number of hydrogen-bond acceptors (Lipinski definition) is 2. The minimum Gasteiger partial charge on any atom is -0.478 e. The van der Waals surface area contributed by atoms with Crippen LogP contribution in [0.2, 0.25) is 0 Å². The van der Waals surface area contributed by atoms with Crippen LogP contribution in [0.3, 0.4) is 0 Å².